The number of halogens is 1. The monoisotopic (exact) mass is 403 g/mol. The molecule has 0 aliphatic rings. The third-order valence-electron chi connectivity index (χ3n) is 4.33. The Labute approximate surface area is 171 Å². The van der Waals surface area contributed by atoms with E-state index in [2.05, 4.69) is 5.32 Å². The van der Waals surface area contributed by atoms with Crippen molar-refractivity contribution in [2.45, 2.75) is 46.6 Å². The molecule has 0 bridgehead atoms. The fourth-order valence-corrected chi connectivity index (χ4v) is 2.95. The third-order valence-corrected chi connectivity index (χ3v) is 4.56. The minimum Gasteiger partial charge on any atom is -0.493 e. The van der Waals surface area contributed by atoms with Gasteiger partial charge < -0.3 is 14.8 Å². The molecule has 1 amide bonds. The van der Waals surface area contributed by atoms with E-state index in [4.69, 9.17) is 21.1 Å². The van der Waals surface area contributed by atoms with E-state index in [-0.39, 0.29) is 12.3 Å². The van der Waals surface area contributed by atoms with E-state index in [9.17, 15) is 9.59 Å². The summed E-state index contributed by atoms with van der Waals surface area (Å²) < 4.78 is 10.9. The van der Waals surface area contributed by atoms with Gasteiger partial charge in [-0.05, 0) is 69.0 Å². The number of rotatable bonds is 8. The van der Waals surface area contributed by atoms with Crippen molar-refractivity contribution < 1.29 is 19.1 Å². The molecular weight excluding hydrogens is 378 g/mol. The Bertz CT molecular complexity index is 830. The van der Waals surface area contributed by atoms with Crippen LogP contribution in [0.1, 0.15) is 36.5 Å². The fourth-order valence-electron chi connectivity index (χ4n) is 2.72. The van der Waals surface area contributed by atoms with Crippen LogP contribution in [0.15, 0.2) is 36.4 Å². The minimum absolute atomic E-state index is 0.174. The van der Waals surface area contributed by atoms with Crippen molar-refractivity contribution in [3.8, 4) is 5.75 Å². The molecule has 150 valence electrons. The number of esters is 1. The Morgan fingerprint density at radius 1 is 1.07 bits per heavy atom. The summed E-state index contributed by atoms with van der Waals surface area (Å²) in [5.41, 5.74) is 3.61. The van der Waals surface area contributed by atoms with Gasteiger partial charge in [0, 0.05) is 17.1 Å². The van der Waals surface area contributed by atoms with Gasteiger partial charge in [0.2, 0.25) is 0 Å². The van der Waals surface area contributed by atoms with Gasteiger partial charge >= 0.3 is 5.97 Å². The fraction of sp³-hybridized carbons (Fsp3) is 0.364. The predicted molar refractivity (Wildman–Crippen MR) is 111 cm³/mol. The molecule has 0 fully saturated rings. The largest absolute Gasteiger partial charge is 0.493 e. The Morgan fingerprint density at radius 3 is 2.39 bits per heavy atom. The molecule has 2 aromatic carbocycles. The highest BCUT2D eigenvalue weighted by molar-refractivity contribution is 6.30. The summed E-state index contributed by atoms with van der Waals surface area (Å²) >= 11 is 5.91. The zero-order valence-corrected chi connectivity index (χ0v) is 17.4. The van der Waals surface area contributed by atoms with Gasteiger partial charge in [0.1, 0.15) is 5.75 Å². The van der Waals surface area contributed by atoms with Crippen molar-refractivity contribution in [2.24, 2.45) is 0 Å². The van der Waals surface area contributed by atoms with Crippen molar-refractivity contribution in [1.82, 2.24) is 0 Å². The van der Waals surface area contributed by atoms with Crippen molar-refractivity contribution in [3.05, 3.63) is 58.1 Å². The van der Waals surface area contributed by atoms with E-state index in [1.54, 1.807) is 19.1 Å². The lowest BCUT2D eigenvalue weighted by atomic mass is 10.1. The smallest absolute Gasteiger partial charge is 0.306 e. The Hall–Kier alpha value is -2.53. The van der Waals surface area contributed by atoms with E-state index in [1.807, 2.05) is 45.0 Å². The van der Waals surface area contributed by atoms with Gasteiger partial charge in [0.25, 0.3) is 5.91 Å². The molecule has 1 atom stereocenters. The van der Waals surface area contributed by atoms with Gasteiger partial charge in [0.15, 0.2) is 6.10 Å². The third kappa shape index (κ3) is 6.27. The van der Waals surface area contributed by atoms with Crippen LogP contribution in [0.25, 0.3) is 0 Å². The number of nitrogens with one attached hydrogen (secondary N) is 1. The Morgan fingerprint density at radius 2 is 1.75 bits per heavy atom. The first-order valence-corrected chi connectivity index (χ1v) is 9.61. The number of hydrogen-bond acceptors (Lipinski definition) is 4. The van der Waals surface area contributed by atoms with Crippen LogP contribution in [-0.4, -0.2) is 24.6 Å². The molecule has 0 heterocycles. The van der Waals surface area contributed by atoms with Gasteiger partial charge in [-0.15, -0.1) is 0 Å². The zero-order valence-electron chi connectivity index (χ0n) is 16.7. The SMILES string of the molecule is Cc1cc(Cl)ccc1OCCCC(=O)OC(C)C(=O)Nc1c(C)cccc1C. The molecule has 0 saturated carbocycles. The maximum atomic E-state index is 12.3. The maximum absolute atomic E-state index is 12.3. The number of benzene rings is 2. The van der Waals surface area contributed by atoms with Crippen molar-refractivity contribution in [1.29, 1.82) is 0 Å². The zero-order chi connectivity index (χ0) is 20.7. The maximum Gasteiger partial charge on any atom is 0.306 e. The summed E-state index contributed by atoms with van der Waals surface area (Å²) in [5.74, 6) is -0.0431. The van der Waals surface area contributed by atoms with Crippen LogP contribution in [-0.2, 0) is 14.3 Å². The highest BCUT2D eigenvalue weighted by atomic mass is 35.5. The summed E-state index contributed by atoms with van der Waals surface area (Å²) in [4.78, 5) is 24.3. The Kier molecular flexibility index (Phi) is 7.88. The highest BCUT2D eigenvalue weighted by Crippen LogP contribution is 2.22. The molecule has 5 nitrogen and oxygen atoms in total. The molecule has 2 aromatic rings. The van der Waals surface area contributed by atoms with E-state index in [0.29, 0.717) is 18.1 Å². The van der Waals surface area contributed by atoms with Crippen LogP contribution >= 0.6 is 11.6 Å². The van der Waals surface area contributed by atoms with Gasteiger partial charge in [0.05, 0.1) is 6.61 Å². The lowest BCUT2D eigenvalue weighted by Gasteiger charge is -2.16. The predicted octanol–water partition coefficient (Wildman–Crippen LogP) is 4.99. The Balaban J connectivity index is 1.75. The average Bonchev–Trinajstić information content (AvgIpc) is 2.63. The van der Waals surface area contributed by atoms with Crippen molar-refractivity contribution in [2.75, 3.05) is 11.9 Å². The second-order valence-electron chi connectivity index (χ2n) is 6.75. The summed E-state index contributed by atoms with van der Waals surface area (Å²) in [6.07, 6.45) is -0.203. The van der Waals surface area contributed by atoms with Crippen LogP contribution < -0.4 is 10.1 Å². The number of anilines is 1. The molecule has 0 radical (unpaired) electrons. The average molecular weight is 404 g/mol. The molecule has 0 aliphatic heterocycles. The number of carbonyl (C=O) groups is 2. The van der Waals surface area contributed by atoms with Crippen molar-refractivity contribution >= 4 is 29.2 Å². The number of hydrogen-bond donors (Lipinski definition) is 1. The summed E-state index contributed by atoms with van der Waals surface area (Å²) in [6, 6.07) is 11.1. The molecule has 0 aliphatic carbocycles. The number of amides is 1. The molecule has 0 aromatic heterocycles. The van der Waals surface area contributed by atoms with Gasteiger partial charge in [-0.1, -0.05) is 29.8 Å². The molecule has 28 heavy (non-hydrogen) atoms. The molecule has 2 rings (SSSR count). The molecule has 1 N–H and O–H groups in total. The summed E-state index contributed by atoms with van der Waals surface area (Å²) in [6.45, 7) is 7.68. The second-order valence-corrected chi connectivity index (χ2v) is 7.19. The first-order chi connectivity index (χ1) is 13.3. The van der Waals surface area contributed by atoms with Gasteiger partial charge in [-0.25, -0.2) is 0 Å². The first-order valence-electron chi connectivity index (χ1n) is 9.23. The topological polar surface area (TPSA) is 64.6 Å². The minimum atomic E-state index is -0.870. The summed E-state index contributed by atoms with van der Waals surface area (Å²) in [5, 5.41) is 3.49. The van der Waals surface area contributed by atoms with Crippen LogP contribution in [0.3, 0.4) is 0 Å². The lowest BCUT2D eigenvalue weighted by Crippen LogP contribution is -2.30. The van der Waals surface area contributed by atoms with Crippen molar-refractivity contribution in [3.63, 3.8) is 0 Å². The second kappa shape index (κ2) is 10.1. The first kappa shape index (κ1) is 21.8. The van der Waals surface area contributed by atoms with Crippen LogP contribution in [0.2, 0.25) is 5.02 Å². The summed E-state index contributed by atoms with van der Waals surface area (Å²) in [7, 11) is 0. The van der Waals surface area contributed by atoms with E-state index < -0.39 is 12.1 Å². The van der Waals surface area contributed by atoms with E-state index >= 15 is 0 Å². The number of aryl methyl sites for hydroxylation is 3. The normalized spacial score (nSPS) is 11.6. The number of carbonyl (C=O) groups excluding carboxylic acids is 2. The van der Waals surface area contributed by atoms with Gasteiger partial charge in [-0.2, -0.15) is 0 Å². The van der Waals surface area contributed by atoms with Gasteiger partial charge in [-0.3, -0.25) is 9.59 Å². The lowest BCUT2D eigenvalue weighted by molar-refractivity contribution is -0.153. The van der Waals surface area contributed by atoms with E-state index in [1.165, 1.54) is 0 Å². The molecule has 0 spiro atoms. The molecule has 6 heteroatoms. The quantitative estimate of drug-likeness (QED) is 0.498. The van der Waals surface area contributed by atoms with Crippen LogP contribution in [0.4, 0.5) is 5.69 Å². The van der Waals surface area contributed by atoms with Crippen LogP contribution in [0.5, 0.6) is 5.75 Å². The van der Waals surface area contributed by atoms with E-state index in [0.717, 1.165) is 28.1 Å². The van der Waals surface area contributed by atoms with Crippen LogP contribution in [0, 0.1) is 20.8 Å². The number of para-hydroxylation sites is 1. The standard InChI is InChI=1S/C22H26ClNO4/c1-14-7-5-8-15(2)21(14)24-22(26)17(4)28-20(25)9-6-12-27-19-11-10-18(23)13-16(19)3/h5,7-8,10-11,13,17H,6,9,12H2,1-4H3,(H,24,26). The highest BCUT2D eigenvalue weighted by Gasteiger charge is 2.19. The number of ether oxygens (including phenoxy) is 2. The molecule has 0 saturated heterocycles. The molecular formula is C22H26ClNO4. The molecule has 1 unspecified atom stereocenters.